The molecule has 1 aliphatic rings. The number of halogens is 4. The summed E-state index contributed by atoms with van der Waals surface area (Å²) in [6, 6.07) is 2.94. The summed E-state index contributed by atoms with van der Waals surface area (Å²) in [4.78, 5) is 0. The quantitative estimate of drug-likeness (QED) is 0.546. The van der Waals surface area contributed by atoms with E-state index in [0.29, 0.717) is 21.7 Å². The van der Waals surface area contributed by atoms with Crippen LogP contribution in [0.3, 0.4) is 0 Å². The molecule has 17 heavy (non-hydrogen) atoms. The minimum absolute atomic E-state index is 0.0549. The van der Waals surface area contributed by atoms with Crippen LogP contribution in [-0.2, 0) is 4.74 Å². The third kappa shape index (κ3) is 2.78. The molecule has 0 N–H and O–H groups in total. The molecule has 5 heteroatoms. The zero-order valence-corrected chi connectivity index (χ0v) is 12.3. The molecular weight excluding hydrogens is 330 g/mol. The topological polar surface area (TPSA) is 9.23 Å². The fourth-order valence-corrected chi connectivity index (χ4v) is 3.10. The molecule has 94 valence electrons. The Labute approximate surface area is 118 Å². The summed E-state index contributed by atoms with van der Waals surface area (Å²) >= 11 is 15.5. The van der Waals surface area contributed by atoms with E-state index in [2.05, 4.69) is 15.9 Å². The number of rotatable bonds is 2. The van der Waals surface area contributed by atoms with E-state index < -0.39 is 5.38 Å². The van der Waals surface area contributed by atoms with Gasteiger partial charge in [0.15, 0.2) is 0 Å². The monoisotopic (exact) mass is 340 g/mol. The molecule has 0 spiro atoms. The first kappa shape index (κ1) is 13.6. The van der Waals surface area contributed by atoms with Crippen molar-refractivity contribution in [3.05, 3.63) is 33.0 Å². The van der Waals surface area contributed by atoms with E-state index in [-0.39, 0.29) is 17.8 Å². The smallest absolute Gasteiger partial charge is 0.129 e. The van der Waals surface area contributed by atoms with Crippen LogP contribution in [0.25, 0.3) is 0 Å². The van der Waals surface area contributed by atoms with E-state index in [9.17, 15) is 4.39 Å². The van der Waals surface area contributed by atoms with Crippen molar-refractivity contribution in [2.75, 3.05) is 6.61 Å². The lowest BCUT2D eigenvalue weighted by molar-refractivity contribution is 0.104. The number of ether oxygens (including phenoxy) is 1. The molecule has 0 bridgehead atoms. The van der Waals surface area contributed by atoms with Gasteiger partial charge in [-0.15, -0.1) is 11.6 Å². The molecule has 1 aliphatic heterocycles. The van der Waals surface area contributed by atoms with Gasteiger partial charge in [0.2, 0.25) is 0 Å². The van der Waals surface area contributed by atoms with Crippen LogP contribution in [0.4, 0.5) is 4.39 Å². The lowest BCUT2D eigenvalue weighted by Gasteiger charge is -2.21. The maximum atomic E-state index is 13.8. The Morgan fingerprint density at radius 1 is 1.53 bits per heavy atom. The Bertz CT molecular complexity index is 427. The fraction of sp³-hybridized carbons (Fsp3) is 0.500. The van der Waals surface area contributed by atoms with E-state index >= 15 is 0 Å². The zero-order valence-electron chi connectivity index (χ0n) is 9.22. The number of hydrogen-bond acceptors (Lipinski definition) is 1. The van der Waals surface area contributed by atoms with E-state index in [1.165, 1.54) is 6.07 Å². The van der Waals surface area contributed by atoms with Gasteiger partial charge in [-0.05, 0) is 41.4 Å². The van der Waals surface area contributed by atoms with Gasteiger partial charge in [0.05, 0.1) is 16.5 Å². The number of hydrogen-bond donors (Lipinski definition) is 0. The first-order chi connectivity index (χ1) is 8.00. The molecule has 3 unspecified atom stereocenters. The van der Waals surface area contributed by atoms with E-state index in [0.717, 1.165) is 6.42 Å². The normalized spacial score (nSPS) is 26.2. The third-order valence-electron chi connectivity index (χ3n) is 3.15. The molecule has 1 nitrogen and oxygen atoms in total. The van der Waals surface area contributed by atoms with Crippen LogP contribution in [0.5, 0.6) is 0 Å². The van der Waals surface area contributed by atoms with Crippen molar-refractivity contribution >= 4 is 39.1 Å². The van der Waals surface area contributed by atoms with Crippen LogP contribution < -0.4 is 0 Å². The molecule has 1 aromatic carbocycles. The summed E-state index contributed by atoms with van der Waals surface area (Å²) in [5, 5.41) is 0.0664. The van der Waals surface area contributed by atoms with Crippen molar-refractivity contribution in [2.45, 2.75) is 24.8 Å². The molecule has 1 heterocycles. The maximum absolute atomic E-state index is 13.8. The van der Waals surface area contributed by atoms with Crippen LogP contribution >= 0.6 is 39.1 Å². The van der Waals surface area contributed by atoms with Crippen LogP contribution in [0.2, 0.25) is 5.02 Å². The van der Waals surface area contributed by atoms with E-state index in [4.69, 9.17) is 27.9 Å². The van der Waals surface area contributed by atoms with Gasteiger partial charge in [-0.3, -0.25) is 0 Å². The maximum Gasteiger partial charge on any atom is 0.129 e. The lowest BCUT2D eigenvalue weighted by Crippen LogP contribution is -2.17. The van der Waals surface area contributed by atoms with Gasteiger partial charge in [0.1, 0.15) is 5.82 Å². The minimum atomic E-state index is -0.405. The predicted octanol–water partition coefficient (Wildman–Crippen LogP) is 4.95. The predicted molar refractivity (Wildman–Crippen MR) is 71.2 cm³/mol. The summed E-state index contributed by atoms with van der Waals surface area (Å²) in [5.41, 5.74) is 0.446. The van der Waals surface area contributed by atoms with Crippen LogP contribution in [0.15, 0.2) is 16.6 Å². The summed E-state index contributed by atoms with van der Waals surface area (Å²) in [6.07, 6.45) is 0.905. The molecule has 0 saturated carbocycles. The van der Waals surface area contributed by atoms with Crippen LogP contribution in [-0.4, -0.2) is 12.7 Å². The first-order valence-corrected chi connectivity index (χ1v) is 7.01. The Kier molecular flexibility index (Phi) is 4.35. The molecule has 1 saturated heterocycles. The second kappa shape index (κ2) is 5.43. The van der Waals surface area contributed by atoms with Crippen LogP contribution in [0, 0.1) is 11.7 Å². The molecule has 0 amide bonds. The second-order valence-corrected chi connectivity index (χ2v) is 5.95. The average Bonchev–Trinajstić information content (AvgIpc) is 2.69. The average molecular weight is 342 g/mol. The van der Waals surface area contributed by atoms with Crippen molar-refractivity contribution in [1.82, 2.24) is 0 Å². The highest BCUT2D eigenvalue weighted by Crippen LogP contribution is 2.40. The third-order valence-corrected chi connectivity index (χ3v) is 4.90. The van der Waals surface area contributed by atoms with Crippen molar-refractivity contribution in [3.8, 4) is 0 Å². The van der Waals surface area contributed by atoms with Gasteiger partial charge < -0.3 is 4.74 Å². The number of benzene rings is 1. The summed E-state index contributed by atoms with van der Waals surface area (Å²) in [6.45, 7) is 2.65. The Hall–Kier alpha value is 0.170. The van der Waals surface area contributed by atoms with Gasteiger partial charge in [-0.1, -0.05) is 11.6 Å². The summed E-state index contributed by atoms with van der Waals surface area (Å²) < 4.78 is 19.8. The largest absolute Gasteiger partial charge is 0.378 e. The molecule has 1 fully saturated rings. The molecule has 1 aromatic rings. The highest BCUT2D eigenvalue weighted by molar-refractivity contribution is 9.10. The Morgan fingerprint density at radius 2 is 2.24 bits per heavy atom. The highest BCUT2D eigenvalue weighted by Gasteiger charge is 2.33. The molecule has 0 aromatic heterocycles. The summed E-state index contributed by atoms with van der Waals surface area (Å²) in [5.74, 6) is -0.205. The standard InChI is InChI=1S/C12H12BrCl2FO/c1-6-7(2-3-17-6)12(15)8-4-10(14)9(13)5-11(8)16/h4-7,12H,2-3H2,1H3. The van der Waals surface area contributed by atoms with Crippen molar-refractivity contribution in [3.63, 3.8) is 0 Å². The molecule has 3 atom stereocenters. The Morgan fingerprint density at radius 3 is 2.82 bits per heavy atom. The van der Waals surface area contributed by atoms with Gasteiger partial charge >= 0.3 is 0 Å². The van der Waals surface area contributed by atoms with Crippen molar-refractivity contribution < 1.29 is 9.13 Å². The molecule has 2 rings (SSSR count). The fourth-order valence-electron chi connectivity index (χ4n) is 2.11. The highest BCUT2D eigenvalue weighted by atomic mass is 79.9. The van der Waals surface area contributed by atoms with Gasteiger partial charge in [0, 0.05) is 22.6 Å². The Balaban J connectivity index is 2.30. The molecular formula is C12H12BrCl2FO. The second-order valence-electron chi connectivity index (χ2n) is 4.22. The molecule has 0 aliphatic carbocycles. The lowest BCUT2D eigenvalue weighted by atomic mass is 9.93. The van der Waals surface area contributed by atoms with Gasteiger partial charge in [-0.2, -0.15) is 0 Å². The van der Waals surface area contributed by atoms with E-state index in [1.807, 2.05) is 6.92 Å². The SMILES string of the molecule is CC1OCCC1C(Cl)c1cc(Cl)c(Br)cc1F. The van der Waals surface area contributed by atoms with Gasteiger partial charge in [-0.25, -0.2) is 4.39 Å². The van der Waals surface area contributed by atoms with Crippen molar-refractivity contribution in [1.29, 1.82) is 0 Å². The zero-order chi connectivity index (χ0) is 12.6. The van der Waals surface area contributed by atoms with Gasteiger partial charge in [0.25, 0.3) is 0 Å². The van der Waals surface area contributed by atoms with E-state index in [1.54, 1.807) is 6.07 Å². The first-order valence-electron chi connectivity index (χ1n) is 5.41. The summed E-state index contributed by atoms with van der Waals surface area (Å²) in [7, 11) is 0. The van der Waals surface area contributed by atoms with Crippen LogP contribution in [0.1, 0.15) is 24.3 Å². The molecule has 0 radical (unpaired) electrons. The number of alkyl halides is 1. The van der Waals surface area contributed by atoms with Crippen molar-refractivity contribution in [2.24, 2.45) is 5.92 Å². The minimum Gasteiger partial charge on any atom is -0.378 e.